The molecule has 0 bridgehead atoms. The van der Waals surface area contributed by atoms with Crippen molar-refractivity contribution in [1.29, 1.82) is 0 Å². The standard InChI is InChI=1S/C55H46N2O6/c1-34-28-44(54(58)50(30-34)56-46-18-9-5-14-38(46)39-15-6-10-19-47(39)56)42-32-36(60-3)22-24-52(42)62-26-13-27-63-53-25-23-37(61-4)33-43(53)45-29-35(2)31-51(55(45)59)57-48-20-11-7-16-40(48)41-17-8-12-21-49(41)57/h5-12,14-25,28-33,58-59H,13,26-27H2,1-4H3. The summed E-state index contributed by atoms with van der Waals surface area (Å²) in [5.74, 6) is 2.79. The van der Waals surface area contributed by atoms with E-state index in [-0.39, 0.29) is 11.5 Å². The molecule has 0 aliphatic carbocycles. The van der Waals surface area contributed by atoms with E-state index >= 15 is 0 Å². The summed E-state index contributed by atoms with van der Waals surface area (Å²) in [6.07, 6.45) is 0.551. The maximum atomic E-state index is 12.2. The molecule has 10 rings (SSSR count). The third-order valence-corrected chi connectivity index (χ3v) is 11.9. The minimum absolute atomic E-state index is 0.140. The highest BCUT2D eigenvalue weighted by Crippen LogP contribution is 2.46. The number of phenols is 2. The quantitative estimate of drug-likeness (QED) is 0.119. The Balaban J connectivity index is 0.938. The topological polar surface area (TPSA) is 87.2 Å². The number of fused-ring (bicyclic) bond motifs is 6. The van der Waals surface area contributed by atoms with Crippen molar-refractivity contribution in [3.63, 3.8) is 0 Å². The average Bonchev–Trinajstić information content (AvgIpc) is 3.83. The number of para-hydroxylation sites is 4. The van der Waals surface area contributed by atoms with E-state index in [4.69, 9.17) is 18.9 Å². The highest BCUT2D eigenvalue weighted by atomic mass is 16.5. The normalized spacial score (nSPS) is 11.5. The lowest BCUT2D eigenvalue weighted by molar-refractivity contribution is 0.248. The van der Waals surface area contributed by atoms with Crippen molar-refractivity contribution >= 4 is 43.6 Å². The van der Waals surface area contributed by atoms with Crippen molar-refractivity contribution < 1.29 is 29.2 Å². The SMILES string of the molecule is COc1ccc(OCCCOc2ccc(OC)cc2-c2cc(C)cc(-n3c4ccccc4c4ccccc43)c2O)c(-c2cc(C)cc(-n3c4ccccc4c4ccccc43)c2O)c1. The fourth-order valence-corrected chi connectivity index (χ4v) is 9.00. The van der Waals surface area contributed by atoms with E-state index in [1.165, 1.54) is 0 Å². The Bertz CT molecular complexity index is 3030. The number of aromatic nitrogens is 2. The molecule has 8 nitrogen and oxygen atoms in total. The maximum Gasteiger partial charge on any atom is 0.147 e. The number of hydrogen-bond donors (Lipinski definition) is 2. The van der Waals surface area contributed by atoms with Gasteiger partial charge in [-0.05, 0) is 110 Å². The second kappa shape index (κ2) is 16.2. The van der Waals surface area contributed by atoms with Crippen molar-refractivity contribution in [2.24, 2.45) is 0 Å². The predicted molar refractivity (Wildman–Crippen MR) is 254 cm³/mol. The number of aromatic hydroxyl groups is 2. The van der Waals surface area contributed by atoms with E-state index in [1.54, 1.807) is 14.2 Å². The number of benzene rings is 8. The molecule has 0 unspecified atom stereocenters. The number of ether oxygens (including phenoxy) is 4. The molecule has 63 heavy (non-hydrogen) atoms. The van der Waals surface area contributed by atoms with Crippen LogP contribution in [0.4, 0.5) is 0 Å². The van der Waals surface area contributed by atoms with Crippen LogP contribution in [-0.2, 0) is 0 Å². The summed E-state index contributed by atoms with van der Waals surface area (Å²) in [7, 11) is 3.26. The van der Waals surface area contributed by atoms with Crippen LogP contribution in [0.1, 0.15) is 17.5 Å². The summed E-state index contributed by atoms with van der Waals surface area (Å²) >= 11 is 0. The molecule has 2 heterocycles. The van der Waals surface area contributed by atoms with Crippen LogP contribution in [0.3, 0.4) is 0 Å². The molecule has 2 N–H and O–H groups in total. The van der Waals surface area contributed by atoms with Gasteiger partial charge in [0.25, 0.3) is 0 Å². The van der Waals surface area contributed by atoms with Gasteiger partial charge in [-0.1, -0.05) is 72.8 Å². The van der Waals surface area contributed by atoms with Crippen LogP contribution in [0.2, 0.25) is 0 Å². The molecule has 0 atom stereocenters. The van der Waals surface area contributed by atoms with Crippen molar-refractivity contribution in [2.45, 2.75) is 20.3 Å². The maximum absolute atomic E-state index is 12.2. The van der Waals surface area contributed by atoms with Gasteiger partial charge in [0.1, 0.15) is 34.5 Å². The van der Waals surface area contributed by atoms with E-state index in [2.05, 4.69) is 57.7 Å². The first-order chi connectivity index (χ1) is 30.8. The van der Waals surface area contributed by atoms with E-state index in [0.717, 1.165) is 54.7 Å². The second-order valence-corrected chi connectivity index (χ2v) is 15.9. The first kappa shape index (κ1) is 39.3. The van der Waals surface area contributed by atoms with E-state index in [9.17, 15) is 10.2 Å². The molecule has 8 aromatic carbocycles. The van der Waals surface area contributed by atoms with Crippen molar-refractivity contribution in [3.8, 4) is 68.1 Å². The van der Waals surface area contributed by atoms with Crippen LogP contribution in [0, 0.1) is 13.8 Å². The minimum Gasteiger partial charge on any atom is -0.505 e. The van der Waals surface area contributed by atoms with Crippen LogP contribution >= 0.6 is 0 Å². The third kappa shape index (κ3) is 6.90. The number of nitrogens with zero attached hydrogens (tertiary/aromatic N) is 2. The summed E-state index contributed by atoms with van der Waals surface area (Å²) in [6, 6.07) is 52.4. The van der Waals surface area contributed by atoms with Crippen LogP contribution in [0.25, 0.3) is 77.2 Å². The van der Waals surface area contributed by atoms with Gasteiger partial charge in [-0.2, -0.15) is 0 Å². The first-order valence-corrected chi connectivity index (χ1v) is 21.1. The molecule has 0 radical (unpaired) electrons. The molecular formula is C55H46N2O6. The Kier molecular flexibility index (Phi) is 10.1. The van der Waals surface area contributed by atoms with Gasteiger partial charge in [0.05, 0.1) is 60.9 Å². The number of phenolic OH excluding ortho intramolecular Hbond substituents is 2. The molecule has 8 heteroatoms. The summed E-state index contributed by atoms with van der Waals surface area (Å²) in [5, 5.41) is 28.8. The van der Waals surface area contributed by atoms with Crippen molar-refractivity contribution in [1.82, 2.24) is 9.13 Å². The first-order valence-electron chi connectivity index (χ1n) is 21.1. The van der Waals surface area contributed by atoms with Gasteiger partial charge in [0.15, 0.2) is 0 Å². The van der Waals surface area contributed by atoms with E-state index in [1.807, 2.05) is 123 Å². The zero-order chi connectivity index (χ0) is 43.2. The van der Waals surface area contributed by atoms with Gasteiger partial charge in [-0.25, -0.2) is 0 Å². The molecule has 0 spiro atoms. The molecule has 0 amide bonds. The monoisotopic (exact) mass is 830 g/mol. The van der Waals surface area contributed by atoms with Gasteiger partial charge in [-0.15, -0.1) is 0 Å². The smallest absolute Gasteiger partial charge is 0.147 e. The summed E-state index contributed by atoms with van der Waals surface area (Å²) in [6.45, 7) is 4.75. The van der Waals surface area contributed by atoms with Crippen LogP contribution in [-0.4, -0.2) is 46.8 Å². The molecule has 0 saturated heterocycles. The lowest BCUT2D eigenvalue weighted by atomic mass is 9.99. The van der Waals surface area contributed by atoms with E-state index < -0.39 is 0 Å². The third-order valence-electron chi connectivity index (χ3n) is 11.9. The Hall–Kier alpha value is -7.84. The van der Waals surface area contributed by atoms with Gasteiger partial charge < -0.3 is 38.3 Å². The highest BCUT2D eigenvalue weighted by molar-refractivity contribution is 6.10. The number of aryl methyl sites for hydroxylation is 2. The van der Waals surface area contributed by atoms with Crippen LogP contribution in [0.5, 0.6) is 34.5 Å². The Morgan fingerprint density at radius 1 is 0.413 bits per heavy atom. The molecule has 0 aliphatic rings. The van der Waals surface area contributed by atoms with Crippen LogP contribution < -0.4 is 18.9 Å². The Morgan fingerprint density at radius 3 is 1.11 bits per heavy atom. The number of methoxy groups -OCH3 is 2. The summed E-state index contributed by atoms with van der Waals surface area (Å²) in [4.78, 5) is 0. The largest absolute Gasteiger partial charge is 0.505 e. The molecule has 10 aromatic rings. The molecule has 0 saturated carbocycles. The zero-order valence-electron chi connectivity index (χ0n) is 35.6. The summed E-state index contributed by atoms with van der Waals surface area (Å²) in [5.41, 5.74) is 10.1. The lowest BCUT2D eigenvalue weighted by Crippen LogP contribution is -2.07. The average molecular weight is 831 g/mol. The lowest BCUT2D eigenvalue weighted by Gasteiger charge is -2.19. The molecule has 0 fully saturated rings. The fourth-order valence-electron chi connectivity index (χ4n) is 9.00. The molecule has 0 aliphatic heterocycles. The van der Waals surface area contributed by atoms with Gasteiger partial charge in [0, 0.05) is 50.2 Å². The zero-order valence-corrected chi connectivity index (χ0v) is 35.6. The second-order valence-electron chi connectivity index (χ2n) is 15.9. The number of hydrogen-bond acceptors (Lipinski definition) is 6. The van der Waals surface area contributed by atoms with Crippen molar-refractivity contribution in [3.05, 3.63) is 169 Å². The molecule has 2 aromatic heterocycles. The van der Waals surface area contributed by atoms with E-state index in [0.29, 0.717) is 76.3 Å². The van der Waals surface area contributed by atoms with Gasteiger partial charge in [0.2, 0.25) is 0 Å². The highest BCUT2D eigenvalue weighted by Gasteiger charge is 2.22. The Labute approximate surface area is 365 Å². The summed E-state index contributed by atoms with van der Waals surface area (Å²) < 4.78 is 28.6. The Morgan fingerprint density at radius 2 is 0.762 bits per heavy atom. The van der Waals surface area contributed by atoms with Crippen molar-refractivity contribution in [2.75, 3.05) is 27.4 Å². The van der Waals surface area contributed by atoms with Gasteiger partial charge >= 0.3 is 0 Å². The molecular weight excluding hydrogens is 785 g/mol. The van der Waals surface area contributed by atoms with Crippen LogP contribution in [0.15, 0.2) is 158 Å². The minimum atomic E-state index is 0.140. The van der Waals surface area contributed by atoms with Gasteiger partial charge in [-0.3, -0.25) is 0 Å². The fraction of sp³-hybridized carbons (Fsp3) is 0.127. The number of rotatable bonds is 12. The molecule has 312 valence electrons. The predicted octanol–water partition coefficient (Wildman–Crippen LogP) is 13.1.